The average Bonchev–Trinajstić information content (AvgIpc) is 2.41. The molecule has 0 aromatic heterocycles. The summed E-state index contributed by atoms with van der Waals surface area (Å²) in [4.78, 5) is 11.9. The van der Waals surface area contributed by atoms with Crippen LogP contribution in [0, 0.1) is 5.82 Å². The molecule has 0 radical (unpaired) electrons. The fraction of sp³-hybridized carbons (Fsp3) is 0.0714. The first-order valence-corrected chi connectivity index (χ1v) is 7.16. The lowest BCUT2D eigenvalue weighted by atomic mass is 10.2. The van der Waals surface area contributed by atoms with Crippen molar-refractivity contribution in [1.29, 1.82) is 0 Å². The Morgan fingerprint density at radius 1 is 1.30 bits per heavy atom. The van der Waals surface area contributed by atoms with E-state index in [9.17, 15) is 14.3 Å². The molecule has 0 aliphatic rings. The molecule has 0 heterocycles. The van der Waals surface area contributed by atoms with Crippen LogP contribution < -0.4 is 4.74 Å². The van der Waals surface area contributed by atoms with Crippen molar-refractivity contribution in [3.8, 4) is 11.5 Å². The third-order valence-corrected chi connectivity index (χ3v) is 3.61. The van der Waals surface area contributed by atoms with Crippen molar-refractivity contribution in [1.82, 2.24) is 0 Å². The van der Waals surface area contributed by atoms with Crippen molar-refractivity contribution in [3.05, 3.63) is 52.8 Å². The van der Waals surface area contributed by atoms with Gasteiger partial charge in [0.15, 0.2) is 0 Å². The van der Waals surface area contributed by atoms with E-state index in [0.29, 0.717) is 4.90 Å². The van der Waals surface area contributed by atoms with Gasteiger partial charge in [-0.3, -0.25) is 0 Å². The van der Waals surface area contributed by atoms with Gasteiger partial charge < -0.3 is 9.84 Å². The summed E-state index contributed by atoms with van der Waals surface area (Å²) in [6.07, 6.45) is 1.77. The van der Waals surface area contributed by atoms with Crippen LogP contribution in [0.4, 0.5) is 4.39 Å². The van der Waals surface area contributed by atoms with Gasteiger partial charge in [-0.1, -0.05) is 17.7 Å². The molecule has 6 heteroatoms. The number of carboxylic acid groups (broad SMARTS) is 1. The van der Waals surface area contributed by atoms with E-state index in [4.69, 9.17) is 16.3 Å². The van der Waals surface area contributed by atoms with Gasteiger partial charge in [-0.2, -0.15) is 0 Å². The molecule has 2 aromatic rings. The minimum atomic E-state index is -1.09. The third-order valence-electron chi connectivity index (χ3n) is 2.54. The van der Waals surface area contributed by atoms with E-state index in [0.717, 1.165) is 6.07 Å². The summed E-state index contributed by atoms with van der Waals surface area (Å²) < 4.78 is 18.5. The fourth-order valence-corrected chi connectivity index (χ4v) is 2.47. The van der Waals surface area contributed by atoms with E-state index in [-0.39, 0.29) is 22.1 Å². The van der Waals surface area contributed by atoms with Crippen LogP contribution in [0.5, 0.6) is 11.5 Å². The third kappa shape index (κ3) is 3.05. The Balaban J connectivity index is 2.45. The van der Waals surface area contributed by atoms with Crippen molar-refractivity contribution in [2.24, 2.45) is 0 Å². The molecule has 0 fully saturated rings. The number of halogens is 2. The molecule has 0 unspecified atom stereocenters. The molecular weight excluding hydrogens is 303 g/mol. The van der Waals surface area contributed by atoms with Gasteiger partial charge in [0.25, 0.3) is 0 Å². The van der Waals surface area contributed by atoms with Crippen LogP contribution in [-0.4, -0.2) is 17.3 Å². The Morgan fingerprint density at radius 2 is 2.05 bits per heavy atom. The van der Waals surface area contributed by atoms with Crippen LogP contribution in [-0.2, 0) is 0 Å². The highest BCUT2D eigenvalue weighted by atomic mass is 35.5. The van der Waals surface area contributed by atoms with Gasteiger partial charge in [-0.15, -0.1) is 11.8 Å². The summed E-state index contributed by atoms with van der Waals surface area (Å²) in [5, 5.41) is 9.36. The predicted molar refractivity (Wildman–Crippen MR) is 76.7 cm³/mol. The van der Waals surface area contributed by atoms with E-state index in [1.165, 1.54) is 30.0 Å². The standard InChI is InChI=1S/C14H10ClFO3S/c1-20-12-4-2-3-11(13(12)14(17)18)19-10-6-5-8(16)7-9(10)15/h2-7H,1H3,(H,17,18). The first-order chi connectivity index (χ1) is 9.52. The van der Waals surface area contributed by atoms with E-state index in [1.807, 2.05) is 0 Å². The Morgan fingerprint density at radius 3 is 2.65 bits per heavy atom. The van der Waals surface area contributed by atoms with Gasteiger partial charge in [-0.25, -0.2) is 9.18 Å². The average molecular weight is 313 g/mol. The Labute approximate surface area is 124 Å². The highest BCUT2D eigenvalue weighted by Gasteiger charge is 2.17. The first kappa shape index (κ1) is 14.7. The number of carboxylic acids is 1. The SMILES string of the molecule is CSc1cccc(Oc2ccc(F)cc2Cl)c1C(=O)O. The number of carbonyl (C=O) groups is 1. The van der Waals surface area contributed by atoms with Crippen LogP contribution in [0.15, 0.2) is 41.3 Å². The molecule has 20 heavy (non-hydrogen) atoms. The normalized spacial score (nSPS) is 10.3. The van der Waals surface area contributed by atoms with E-state index in [2.05, 4.69) is 0 Å². The van der Waals surface area contributed by atoms with Gasteiger partial charge >= 0.3 is 5.97 Å². The van der Waals surface area contributed by atoms with Crippen molar-refractivity contribution in [2.75, 3.05) is 6.26 Å². The van der Waals surface area contributed by atoms with Gasteiger partial charge in [0.2, 0.25) is 0 Å². The lowest BCUT2D eigenvalue weighted by molar-refractivity contribution is 0.0690. The van der Waals surface area contributed by atoms with Crippen LogP contribution in [0.3, 0.4) is 0 Å². The topological polar surface area (TPSA) is 46.5 Å². The Bertz CT molecular complexity index is 661. The van der Waals surface area contributed by atoms with Crippen LogP contribution >= 0.6 is 23.4 Å². The van der Waals surface area contributed by atoms with Crippen molar-refractivity contribution >= 4 is 29.3 Å². The predicted octanol–water partition coefficient (Wildman–Crippen LogP) is 4.69. The Kier molecular flexibility index (Phi) is 4.52. The lowest BCUT2D eigenvalue weighted by Gasteiger charge is -2.12. The zero-order valence-electron chi connectivity index (χ0n) is 10.4. The maximum atomic E-state index is 13.0. The van der Waals surface area contributed by atoms with Crippen molar-refractivity contribution < 1.29 is 19.0 Å². The van der Waals surface area contributed by atoms with Gasteiger partial charge in [0.1, 0.15) is 22.9 Å². The first-order valence-electron chi connectivity index (χ1n) is 5.56. The zero-order chi connectivity index (χ0) is 14.7. The molecule has 0 saturated carbocycles. The number of thioether (sulfide) groups is 1. The highest BCUT2D eigenvalue weighted by Crippen LogP contribution is 2.35. The number of benzene rings is 2. The summed E-state index contributed by atoms with van der Waals surface area (Å²) >= 11 is 7.17. The van der Waals surface area contributed by atoms with E-state index in [1.54, 1.807) is 18.4 Å². The number of aromatic carboxylic acids is 1. The molecule has 0 spiro atoms. The van der Waals surface area contributed by atoms with Crippen molar-refractivity contribution in [3.63, 3.8) is 0 Å². The highest BCUT2D eigenvalue weighted by molar-refractivity contribution is 7.98. The lowest BCUT2D eigenvalue weighted by Crippen LogP contribution is -2.02. The summed E-state index contributed by atoms with van der Waals surface area (Å²) in [5.41, 5.74) is 0.0559. The monoisotopic (exact) mass is 312 g/mol. The fourth-order valence-electron chi connectivity index (χ4n) is 1.65. The number of ether oxygens (including phenoxy) is 1. The summed E-state index contributed by atoms with van der Waals surface area (Å²) in [6, 6.07) is 8.56. The number of hydrogen-bond acceptors (Lipinski definition) is 3. The second kappa shape index (κ2) is 6.15. The quantitative estimate of drug-likeness (QED) is 0.832. The maximum Gasteiger partial charge on any atom is 0.340 e. The van der Waals surface area contributed by atoms with Crippen LogP contribution in [0.1, 0.15) is 10.4 Å². The minimum Gasteiger partial charge on any atom is -0.478 e. The van der Waals surface area contributed by atoms with E-state index >= 15 is 0 Å². The summed E-state index contributed by atoms with van der Waals surface area (Å²) in [6.45, 7) is 0. The molecule has 0 atom stereocenters. The molecule has 2 rings (SSSR count). The van der Waals surface area contributed by atoms with Crippen molar-refractivity contribution in [2.45, 2.75) is 4.90 Å². The number of hydrogen-bond donors (Lipinski definition) is 1. The smallest absolute Gasteiger partial charge is 0.340 e. The van der Waals surface area contributed by atoms with Crippen LogP contribution in [0.2, 0.25) is 5.02 Å². The van der Waals surface area contributed by atoms with Gasteiger partial charge in [0, 0.05) is 4.90 Å². The van der Waals surface area contributed by atoms with Gasteiger partial charge in [-0.05, 0) is 36.6 Å². The molecule has 104 valence electrons. The molecule has 0 amide bonds. The van der Waals surface area contributed by atoms with E-state index < -0.39 is 11.8 Å². The maximum absolute atomic E-state index is 13.0. The molecule has 0 aliphatic heterocycles. The molecule has 0 aliphatic carbocycles. The molecule has 0 bridgehead atoms. The summed E-state index contributed by atoms with van der Waals surface area (Å²) in [5.74, 6) is -1.21. The minimum absolute atomic E-state index is 0.0559. The van der Waals surface area contributed by atoms with Crippen LogP contribution in [0.25, 0.3) is 0 Å². The largest absolute Gasteiger partial charge is 0.478 e. The second-order valence-corrected chi connectivity index (χ2v) is 5.07. The number of rotatable bonds is 4. The zero-order valence-corrected chi connectivity index (χ0v) is 12.0. The Hall–Kier alpha value is -1.72. The van der Waals surface area contributed by atoms with Gasteiger partial charge in [0.05, 0.1) is 5.02 Å². The summed E-state index contributed by atoms with van der Waals surface area (Å²) in [7, 11) is 0. The molecule has 3 nitrogen and oxygen atoms in total. The molecule has 0 saturated heterocycles. The molecular formula is C14H10ClFO3S. The second-order valence-electron chi connectivity index (χ2n) is 3.82. The molecule has 1 N–H and O–H groups in total. The molecule has 2 aromatic carbocycles.